The number of benzene rings is 1. The van der Waals surface area contributed by atoms with Gasteiger partial charge < -0.3 is 14.8 Å². The monoisotopic (exact) mass is 321 g/mol. The summed E-state index contributed by atoms with van der Waals surface area (Å²) < 4.78 is 2.00. The number of aliphatic hydroxyl groups excluding tert-OH is 1. The molecule has 0 spiro atoms. The van der Waals surface area contributed by atoms with E-state index in [1.165, 1.54) is 16.7 Å². The number of hydrogen-bond acceptors (Lipinski definition) is 3. The standard InChI is InChI=1S/C20H23N3O/c1-12-7-6-8-13(2)18(12)10-21-19-9-17(16(5)24)11-23-15(4)14(3)22-20(19)23/h6-9,11,21,24H,5,10H2,1-4H3. The molecule has 4 nitrogen and oxygen atoms in total. The minimum Gasteiger partial charge on any atom is -0.508 e. The molecule has 2 heterocycles. The highest BCUT2D eigenvalue weighted by atomic mass is 16.3. The summed E-state index contributed by atoms with van der Waals surface area (Å²) in [6.07, 6.45) is 1.87. The van der Waals surface area contributed by atoms with Gasteiger partial charge in [0.15, 0.2) is 5.65 Å². The number of rotatable bonds is 4. The largest absolute Gasteiger partial charge is 0.508 e. The summed E-state index contributed by atoms with van der Waals surface area (Å²) in [5.74, 6) is 0.0535. The average Bonchev–Trinajstić information content (AvgIpc) is 2.82. The maximum absolute atomic E-state index is 9.82. The van der Waals surface area contributed by atoms with E-state index in [0.29, 0.717) is 12.1 Å². The fourth-order valence-corrected chi connectivity index (χ4v) is 2.97. The van der Waals surface area contributed by atoms with Gasteiger partial charge in [-0.25, -0.2) is 4.98 Å². The molecule has 0 aliphatic rings. The van der Waals surface area contributed by atoms with Crippen molar-refractivity contribution >= 4 is 17.1 Å². The van der Waals surface area contributed by atoms with E-state index in [1.807, 2.05) is 30.5 Å². The van der Waals surface area contributed by atoms with E-state index in [-0.39, 0.29) is 5.76 Å². The quantitative estimate of drug-likeness (QED) is 0.684. The van der Waals surface area contributed by atoms with Gasteiger partial charge in [0.1, 0.15) is 5.76 Å². The van der Waals surface area contributed by atoms with E-state index in [1.54, 1.807) is 0 Å². The highest BCUT2D eigenvalue weighted by Gasteiger charge is 2.12. The number of aromatic nitrogens is 2. The number of imidazole rings is 1. The molecule has 124 valence electrons. The summed E-state index contributed by atoms with van der Waals surface area (Å²) in [4.78, 5) is 4.66. The summed E-state index contributed by atoms with van der Waals surface area (Å²) in [7, 11) is 0. The Balaban J connectivity index is 2.05. The molecule has 3 aromatic rings. The van der Waals surface area contributed by atoms with Gasteiger partial charge in [-0.15, -0.1) is 0 Å². The Kier molecular flexibility index (Phi) is 4.06. The lowest BCUT2D eigenvalue weighted by atomic mass is 10.0. The summed E-state index contributed by atoms with van der Waals surface area (Å²) in [5.41, 5.74) is 8.28. The van der Waals surface area contributed by atoms with Crippen molar-refractivity contribution in [1.82, 2.24) is 9.38 Å². The van der Waals surface area contributed by atoms with Crippen molar-refractivity contribution in [2.24, 2.45) is 0 Å². The summed E-state index contributed by atoms with van der Waals surface area (Å²) in [6.45, 7) is 12.6. The number of aliphatic hydroxyl groups is 1. The first-order valence-corrected chi connectivity index (χ1v) is 8.05. The van der Waals surface area contributed by atoms with Gasteiger partial charge in [0.2, 0.25) is 0 Å². The van der Waals surface area contributed by atoms with Crippen LogP contribution < -0.4 is 5.32 Å². The number of anilines is 1. The number of hydrogen-bond donors (Lipinski definition) is 2. The van der Waals surface area contributed by atoms with Crippen LogP contribution in [0.3, 0.4) is 0 Å². The third-order valence-electron chi connectivity index (χ3n) is 4.63. The number of pyridine rings is 1. The van der Waals surface area contributed by atoms with E-state index in [4.69, 9.17) is 0 Å². The Morgan fingerprint density at radius 3 is 2.50 bits per heavy atom. The first kappa shape index (κ1) is 16.1. The SMILES string of the molecule is C=C(O)c1cc(NCc2c(C)cccc2C)c2nc(C)c(C)n2c1. The molecule has 0 amide bonds. The van der Waals surface area contributed by atoms with Gasteiger partial charge in [-0.1, -0.05) is 24.8 Å². The van der Waals surface area contributed by atoms with Crippen LogP contribution in [0.5, 0.6) is 0 Å². The van der Waals surface area contributed by atoms with Gasteiger partial charge in [0.25, 0.3) is 0 Å². The normalized spacial score (nSPS) is 11.0. The second kappa shape index (κ2) is 6.04. The Morgan fingerprint density at radius 1 is 1.21 bits per heavy atom. The molecule has 4 heteroatoms. The molecule has 0 aliphatic carbocycles. The molecule has 3 rings (SSSR count). The zero-order valence-corrected chi connectivity index (χ0v) is 14.6. The van der Waals surface area contributed by atoms with Crippen molar-refractivity contribution < 1.29 is 5.11 Å². The van der Waals surface area contributed by atoms with Crippen LogP contribution in [0.2, 0.25) is 0 Å². The number of aryl methyl sites for hydroxylation is 4. The van der Waals surface area contributed by atoms with Crippen LogP contribution in [0.25, 0.3) is 11.4 Å². The molecule has 1 aromatic carbocycles. The van der Waals surface area contributed by atoms with Gasteiger partial charge in [-0.2, -0.15) is 0 Å². The Bertz CT molecular complexity index is 917. The smallest absolute Gasteiger partial charge is 0.160 e. The molecular weight excluding hydrogens is 298 g/mol. The highest BCUT2D eigenvalue weighted by Crippen LogP contribution is 2.25. The highest BCUT2D eigenvalue weighted by molar-refractivity contribution is 5.74. The molecule has 0 fully saturated rings. The van der Waals surface area contributed by atoms with Crippen LogP contribution in [0.4, 0.5) is 5.69 Å². The predicted molar refractivity (Wildman–Crippen MR) is 99.6 cm³/mol. The number of nitrogens with one attached hydrogen (secondary N) is 1. The fourth-order valence-electron chi connectivity index (χ4n) is 2.97. The van der Waals surface area contributed by atoms with Crippen LogP contribution >= 0.6 is 0 Å². The van der Waals surface area contributed by atoms with E-state index in [0.717, 1.165) is 22.7 Å². The minimum atomic E-state index is 0.0535. The van der Waals surface area contributed by atoms with Crippen molar-refractivity contribution in [2.75, 3.05) is 5.32 Å². The van der Waals surface area contributed by atoms with Crippen LogP contribution in [0.15, 0.2) is 37.0 Å². The van der Waals surface area contributed by atoms with Crippen LogP contribution in [-0.2, 0) is 6.54 Å². The molecule has 0 saturated carbocycles. The van der Waals surface area contributed by atoms with Gasteiger partial charge >= 0.3 is 0 Å². The minimum absolute atomic E-state index is 0.0535. The second-order valence-corrected chi connectivity index (χ2v) is 6.29. The molecule has 0 unspecified atom stereocenters. The molecule has 2 aromatic heterocycles. The van der Waals surface area contributed by atoms with Crippen molar-refractivity contribution in [3.8, 4) is 0 Å². The van der Waals surface area contributed by atoms with Crippen LogP contribution in [0, 0.1) is 27.7 Å². The third-order valence-corrected chi connectivity index (χ3v) is 4.63. The number of fused-ring (bicyclic) bond motifs is 1. The van der Waals surface area contributed by atoms with E-state index < -0.39 is 0 Å². The molecule has 2 N–H and O–H groups in total. The Labute approximate surface area is 142 Å². The summed E-state index contributed by atoms with van der Waals surface area (Å²) >= 11 is 0. The first-order chi connectivity index (χ1) is 11.4. The fraction of sp³-hybridized carbons (Fsp3) is 0.250. The van der Waals surface area contributed by atoms with Crippen molar-refractivity contribution in [3.63, 3.8) is 0 Å². The van der Waals surface area contributed by atoms with Gasteiger partial charge in [-0.3, -0.25) is 0 Å². The second-order valence-electron chi connectivity index (χ2n) is 6.29. The molecule has 0 atom stereocenters. The number of nitrogens with zero attached hydrogens (tertiary/aromatic N) is 2. The van der Waals surface area contributed by atoms with Gasteiger partial charge in [-0.05, 0) is 50.5 Å². The zero-order valence-electron chi connectivity index (χ0n) is 14.6. The maximum Gasteiger partial charge on any atom is 0.160 e. The van der Waals surface area contributed by atoms with E-state index >= 15 is 0 Å². The average molecular weight is 321 g/mol. The summed E-state index contributed by atoms with van der Waals surface area (Å²) in [6, 6.07) is 8.21. The topological polar surface area (TPSA) is 49.6 Å². The third kappa shape index (κ3) is 2.75. The van der Waals surface area contributed by atoms with E-state index in [2.05, 4.69) is 48.9 Å². The van der Waals surface area contributed by atoms with Gasteiger partial charge in [0, 0.05) is 24.0 Å². The van der Waals surface area contributed by atoms with Crippen LogP contribution in [0.1, 0.15) is 33.6 Å². The zero-order chi connectivity index (χ0) is 17.4. The molecular formula is C20H23N3O. The Morgan fingerprint density at radius 2 is 1.88 bits per heavy atom. The Hall–Kier alpha value is -2.75. The van der Waals surface area contributed by atoms with E-state index in [9.17, 15) is 5.11 Å². The molecule has 0 saturated heterocycles. The molecule has 0 bridgehead atoms. The van der Waals surface area contributed by atoms with Crippen molar-refractivity contribution in [1.29, 1.82) is 0 Å². The predicted octanol–water partition coefficient (Wildman–Crippen LogP) is 4.71. The molecule has 0 aliphatic heterocycles. The first-order valence-electron chi connectivity index (χ1n) is 8.05. The maximum atomic E-state index is 9.82. The van der Waals surface area contributed by atoms with Crippen molar-refractivity contribution in [3.05, 3.63) is 70.7 Å². The molecule has 0 radical (unpaired) electrons. The lowest BCUT2D eigenvalue weighted by molar-refractivity contribution is 0.513. The van der Waals surface area contributed by atoms with Crippen molar-refractivity contribution in [2.45, 2.75) is 34.2 Å². The lowest BCUT2D eigenvalue weighted by Crippen LogP contribution is -2.06. The summed E-state index contributed by atoms with van der Waals surface area (Å²) in [5, 5.41) is 13.3. The molecule has 24 heavy (non-hydrogen) atoms. The van der Waals surface area contributed by atoms with Gasteiger partial charge in [0.05, 0.1) is 11.4 Å². The lowest BCUT2D eigenvalue weighted by Gasteiger charge is -2.14. The van der Waals surface area contributed by atoms with Crippen LogP contribution in [-0.4, -0.2) is 14.5 Å².